The Bertz CT molecular complexity index is 554. The number of hydrogen-bond donors (Lipinski definition) is 1. The normalized spacial score (nSPS) is 12.6. The molecule has 21 heavy (non-hydrogen) atoms. The van der Waals surface area contributed by atoms with Crippen LogP contribution in [0.25, 0.3) is 0 Å². The molecule has 2 aromatic carbocycles. The van der Waals surface area contributed by atoms with Crippen molar-refractivity contribution in [3.8, 4) is 0 Å². The molecule has 0 heterocycles. The summed E-state index contributed by atoms with van der Waals surface area (Å²) in [6, 6.07) is 17.4. The van der Waals surface area contributed by atoms with E-state index in [-0.39, 0.29) is 6.04 Å². The standard InChI is InChI=1S/C17H21BrN2S/c1-20(12-13-3-7-15(18)8-4-13)17(11-19)14-5-9-16(21-2)10-6-14/h3-10,17H,11-12,19H2,1-2H3. The van der Waals surface area contributed by atoms with E-state index in [4.69, 9.17) is 5.73 Å². The lowest BCUT2D eigenvalue weighted by Crippen LogP contribution is -2.30. The van der Waals surface area contributed by atoms with Crippen molar-refractivity contribution in [2.24, 2.45) is 5.73 Å². The van der Waals surface area contributed by atoms with Crippen LogP contribution in [0.15, 0.2) is 57.9 Å². The highest BCUT2D eigenvalue weighted by Crippen LogP contribution is 2.23. The van der Waals surface area contributed by atoms with Gasteiger partial charge in [-0.15, -0.1) is 11.8 Å². The maximum atomic E-state index is 6.00. The first-order chi connectivity index (χ1) is 10.1. The predicted octanol–water partition coefficient (Wildman–Crippen LogP) is 4.30. The molecule has 0 bridgehead atoms. The number of nitrogens with zero attached hydrogens (tertiary/aromatic N) is 1. The minimum absolute atomic E-state index is 0.240. The molecule has 0 spiro atoms. The molecular weight excluding hydrogens is 344 g/mol. The average molecular weight is 365 g/mol. The van der Waals surface area contributed by atoms with Gasteiger partial charge in [0.15, 0.2) is 0 Å². The van der Waals surface area contributed by atoms with Crippen LogP contribution in [0.2, 0.25) is 0 Å². The van der Waals surface area contributed by atoms with E-state index in [0.29, 0.717) is 6.54 Å². The lowest BCUT2D eigenvalue weighted by atomic mass is 10.1. The summed E-state index contributed by atoms with van der Waals surface area (Å²) in [5, 5.41) is 0. The molecule has 2 aromatic rings. The highest BCUT2D eigenvalue weighted by molar-refractivity contribution is 9.10. The molecule has 2 N–H and O–H groups in total. The number of nitrogens with two attached hydrogens (primary N) is 1. The van der Waals surface area contributed by atoms with E-state index in [0.717, 1.165) is 11.0 Å². The molecule has 1 unspecified atom stereocenters. The first-order valence-electron chi connectivity index (χ1n) is 6.92. The van der Waals surface area contributed by atoms with E-state index in [2.05, 4.69) is 82.7 Å². The topological polar surface area (TPSA) is 29.3 Å². The fraction of sp³-hybridized carbons (Fsp3) is 0.294. The van der Waals surface area contributed by atoms with Gasteiger partial charge in [0.2, 0.25) is 0 Å². The quantitative estimate of drug-likeness (QED) is 0.774. The van der Waals surface area contributed by atoms with Crippen LogP contribution < -0.4 is 5.73 Å². The van der Waals surface area contributed by atoms with Crippen LogP contribution in [0.1, 0.15) is 17.2 Å². The van der Waals surface area contributed by atoms with Gasteiger partial charge >= 0.3 is 0 Å². The zero-order valence-electron chi connectivity index (χ0n) is 12.4. The Hall–Kier alpha value is -0.810. The first kappa shape index (κ1) is 16.6. The van der Waals surface area contributed by atoms with E-state index < -0.39 is 0 Å². The van der Waals surface area contributed by atoms with E-state index in [1.165, 1.54) is 16.0 Å². The van der Waals surface area contributed by atoms with Crippen molar-refractivity contribution in [2.45, 2.75) is 17.5 Å². The summed E-state index contributed by atoms with van der Waals surface area (Å²) in [6.07, 6.45) is 2.09. The van der Waals surface area contributed by atoms with E-state index >= 15 is 0 Å². The minimum Gasteiger partial charge on any atom is -0.329 e. The zero-order chi connectivity index (χ0) is 15.2. The third-order valence-corrected chi connectivity index (χ3v) is 4.87. The third kappa shape index (κ3) is 4.58. The highest BCUT2D eigenvalue weighted by Gasteiger charge is 2.15. The Kier molecular flexibility index (Phi) is 6.30. The Morgan fingerprint density at radius 1 is 1.10 bits per heavy atom. The predicted molar refractivity (Wildman–Crippen MR) is 95.6 cm³/mol. The maximum absolute atomic E-state index is 6.00. The van der Waals surface area contributed by atoms with Crippen LogP contribution in [0.5, 0.6) is 0 Å². The number of likely N-dealkylation sites (N-methyl/N-ethyl adjacent to an activating group) is 1. The number of halogens is 1. The van der Waals surface area contributed by atoms with Gasteiger partial charge < -0.3 is 5.73 Å². The summed E-state index contributed by atoms with van der Waals surface area (Å²) in [6.45, 7) is 1.51. The van der Waals surface area contributed by atoms with Gasteiger partial charge in [-0.3, -0.25) is 4.90 Å². The number of hydrogen-bond acceptors (Lipinski definition) is 3. The molecule has 0 saturated carbocycles. The molecule has 0 saturated heterocycles. The van der Waals surface area contributed by atoms with Crippen molar-refractivity contribution in [1.82, 2.24) is 4.90 Å². The maximum Gasteiger partial charge on any atom is 0.0470 e. The van der Waals surface area contributed by atoms with Crippen LogP contribution in [-0.4, -0.2) is 24.7 Å². The summed E-state index contributed by atoms with van der Waals surface area (Å²) < 4.78 is 1.11. The number of benzene rings is 2. The Morgan fingerprint density at radius 2 is 1.71 bits per heavy atom. The lowest BCUT2D eigenvalue weighted by Gasteiger charge is -2.27. The summed E-state index contributed by atoms with van der Waals surface area (Å²) in [5.41, 5.74) is 8.56. The molecule has 112 valence electrons. The Balaban J connectivity index is 2.09. The fourth-order valence-corrected chi connectivity index (χ4v) is 3.06. The minimum atomic E-state index is 0.240. The molecule has 0 aliphatic carbocycles. The van der Waals surface area contributed by atoms with Gasteiger partial charge in [0, 0.05) is 28.5 Å². The summed E-state index contributed by atoms with van der Waals surface area (Å²) >= 11 is 5.23. The van der Waals surface area contributed by atoms with E-state index in [1.807, 2.05) is 0 Å². The summed E-state index contributed by atoms with van der Waals surface area (Å²) in [5.74, 6) is 0. The van der Waals surface area contributed by atoms with Crippen molar-refractivity contribution < 1.29 is 0 Å². The molecule has 0 radical (unpaired) electrons. The molecule has 4 heteroatoms. The third-order valence-electron chi connectivity index (χ3n) is 3.60. The van der Waals surface area contributed by atoms with Crippen LogP contribution in [-0.2, 0) is 6.54 Å². The van der Waals surface area contributed by atoms with Crippen molar-refractivity contribution >= 4 is 27.7 Å². The Morgan fingerprint density at radius 3 is 2.24 bits per heavy atom. The fourth-order valence-electron chi connectivity index (χ4n) is 2.38. The van der Waals surface area contributed by atoms with Gasteiger partial charge in [0.05, 0.1) is 0 Å². The highest BCUT2D eigenvalue weighted by atomic mass is 79.9. The molecule has 0 amide bonds. The van der Waals surface area contributed by atoms with Crippen LogP contribution in [0.4, 0.5) is 0 Å². The summed E-state index contributed by atoms with van der Waals surface area (Å²) in [4.78, 5) is 3.59. The number of thioether (sulfide) groups is 1. The molecule has 0 aromatic heterocycles. The van der Waals surface area contributed by atoms with Crippen LogP contribution in [0.3, 0.4) is 0 Å². The van der Waals surface area contributed by atoms with Crippen molar-refractivity contribution in [2.75, 3.05) is 19.8 Å². The molecule has 2 nitrogen and oxygen atoms in total. The van der Waals surface area contributed by atoms with Crippen molar-refractivity contribution in [1.29, 1.82) is 0 Å². The summed E-state index contributed by atoms with van der Waals surface area (Å²) in [7, 11) is 2.13. The molecule has 0 aliphatic rings. The van der Waals surface area contributed by atoms with Gasteiger partial charge in [0.1, 0.15) is 0 Å². The first-order valence-corrected chi connectivity index (χ1v) is 8.94. The van der Waals surface area contributed by atoms with Crippen LogP contribution >= 0.6 is 27.7 Å². The smallest absolute Gasteiger partial charge is 0.0470 e. The zero-order valence-corrected chi connectivity index (χ0v) is 14.8. The van der Waals surface area contributed by atoms with Crippen molar-refractivity contribution in [3.63, 3.8) is 0 Å². The molecule has 0 fully saturated rings. The monoisotopic (exact) mass is 364 g/mol. The van der Waals surface area contributed by atoms with Gasteiger partial charge in [-0.2, -0.15) is 0 Å². The Labute approximate surface area is 139 Å². The second-order valence-corrected chi connectivity index (χ2v) is 6.86. The molecule has 0 aliphatic heterocycles. The van der Waals surface area contributed by atoms with Gasteiger partial charge in [-0.05, 0) is 48.7 Å². The van der Waals surface area contributed by atoms with Gasteiger partial charge in [-0.25, -0.2) is 0 Å². The molecule has 2 rings (SSSR count). The van der Waals surface area contributed by atoms with Gasteiger partial charge in [0.25, 0.3) is 0 Å². The second-order valence-electron chi connectivity index (χ2n) is 5.07. The average Bonchev–Trinajstić information content (AvgIpc) is 2.51. The van der Waals surface area contributed by atoms with E-state index in [1.54, 1.807) is 11.8 Å². The lowest BCUT2D eigenvalue weighted by molar-refractivity contribution is 0.242. The molecule has 1 atom stereocenters. The van der Waals surface area contributed by atoms with Crippen LogP contribution in [0, 0.1) is 0 Å². The SMILES string of the molecule is CSc1ccc(C(CN)N(C)Cc2ccc(Br)cc2)cc1. The van der Waals surface area contributed by atoms with Gasteiger partial charge in [-0.1, -0.05) is 40.2 Å². The van der Waals surface area contributed by atoms with E-state index in [9.17, 15) is 0 Å². The second kappa shape index (κ2) is 7.99. The number of rotatable bonds is 6. The molecular formula is C17H21BrN2S. The largest absolute Gasteiger partial charge is 0.329 e. The van der Waals surface area contributed by atoms with Crippen molar-refractivity contribution in [3.05, 3.63) is 64.1 Å².